The molecule has 130 valence electrons. The molecule has 22 heavy (non-hydrogen) atoms. The van der Waals surface area contributed by atoms with Crippen LogP contribution in [-0.4, -0.2) is 17.0 Å². The van der Waals surface area contributed by atoms with Gasteiger partial charge in [0, 0.05) is 5.41 Å². The molecule has 0 spiro atoms. The van der Waals surface area contributed by atoms with Gasteiger partial charge in [-0.1, -0.05) is 58.6 Å². The van der Waals surface area contributed by atoms with Gasteiger partial charge in [-0.3, -0.25) is 0 Å². The highest BCUT2D eigenvalue weighted by atomic mass is 16.6. The predicted molar refractivity (Wildman–Crippen MR) is 94.7 cm³/mol. The van der Waals surface area contributed by atoms with Gasteiger partial charge in [-0.05, 0) is 51.9 Å². The largest absolute Gasteiger partial charge is 0.367 e. The second kappa shape index (κ2) is 7.05. The quantitative estimate of drug-likeness (QED) is 0.521. The van der Waals surface area contributed by atoms with Gasteiger partial charge in [-0.15, -0.1) is 0 Å². The van der Waals surface area contributed by atoms with Gasteiger partial charge in [0.25, 0.3) is 0 Å². The summed E-state index contributed by atoms with van der Waals surface area (Å²) in [5.41, 5.74) is 0.460. The van der Waals surface area contributed by atoms with E-state index in [4.69, 9.17) is 4.74 Å². The number of aliphatic hydroxyl groups is 1. The topological polar surface area (TPSA) is 29.5 Å². The summed E-state index contributed by atoms with van der Waals surface area (Å²) in [7, 11) is 0. The van der Waals surface area contributed by atoms with Crippen molar-refractivity contribution in [3.8, 4) is 0 Å². The van der Waals surface area contributed by atoms with Crippen LogP contribution in [-0.2, 0) is 4.74 Å². The summed E-state index contributed by atoms with van der Waals surface area (Å²) in [4.78, 5) is 0. The molecule has 1 N–H and O–H groups in total. The second-order valence-electron chi connectivity index (χ2n) is 9.16. The van der Waals surface area contributed by atoms with E-state index in [9.17, 15) is 5.11 Å². The third-order valence-corrected chi connectivity index (χ3v) is 5.72. The van der Waals surface area contributed by atoms with E-state index in [0.717, 1.165) is 0 Å². The van der Waals surface area contributed by atoms with Crippen molar-refractivity contribution in [2.75, 3.05) is 0 Å². The highest BCUT2D eigenvalue weighted by molar-refractivity contribution is 5.10. The van der Waals surface area contributed by atoms with Gasteiger partial charge in [-0.2, -0.15) is 0 Å². The summed E-state index contributed by atoms with van der Waals surface area (Å²) in [6.45, 7) is 17.1. The number of ether oxygens (including phenoxy) is 1. The van der Waals surface area contributed by atoms with Gasteiger partial charge >= 0.3 is 0 Å². The van der Waals surface area contributed by atoms with Gasteiger partial charge in [0.2, 0.25) is 0 Å². The van der Waals surface area contributed by atoms with Crippen LogP contribution in [0.25, 0.3) is 0 Å². The van der Waals surface area contributed by atoms with Gasteiger partial charge in [0.1, 0.15) is 0 Å². The summed E-state index contributed by atoms with van der Waals surface area (Å²) in [6, 6.07) is 0. The molecule has 1 saturated carbocycles. The van der Waals surface area contributed by atoms with Crippen LogP contribution >= 0.6 is 0 Å². The Morgan fingerprint density at radius 3 is 1.91 bits per heavy atom. The summed E-state index contributed by atoms with van der Waals surface area (Å²) in [5.74, 6) is 0.548. The standard InChI is InChI=1S/C20H38O2/c1-15(2)14-20(8,18(3,4)5)17(21)22-19(6,7)16-12-10-9-11-13-16/h14,16-17,21H,9-13H2,1-8H3. The zero-order chi connectivity index (χ0) is 17.2. The van der Waals surface area contributed by atoms with Crippen LogP contribution in [0, 0.1) is 16.7 Å². The van der Waals surface area contributed by atoms with Crippen molar-refractivity contribution < 1.29 is 9.84 Å². The molecule has 1 fully saturated rings. The molecule has 0 aliphatic heterocycles. The minimum Gasteiger partial charge on any atom is -0.367 e. The third kappa shape index (κ3) is 4.58. The molecular formula is C20H38O2. The molecule has 2 nitrogen and oxygen atoms in total. The van der Waals surface area contributed by atoms with E-state index in [1.807, 2.05) is 0 Å². The molecule has 0 aromatic rings. The molecular weight excluding hydrogens is 272 g/mol. The molecule has 0 heterocycles. The van der Waals surface area contributed by atoms with Crippen LogP contribution < -0.4 is 0 Å². The average molecular weight is 311 g/mol. The van der Waals surface area contributed by atoms with Gasteiger partial charge in [-0.25, -0.2) is 0 Å². The fourth-order valence-corrected chi connectivity index (χ4v) is 3.56. The Kier molecular flexibility index (Phi) is 6.31. The molecule has 1 rings (SSSR count). The number of hydrogen-bond donors (Lipinski definition) is 1. The van der Waals surface area contributed by atoms with E-state index in [-0.39, 0.29) is 11.0 Å². The van der Waals surface area contributed by atoms with Crippen LogP contribution in [0.15, 0.2) is 11.6 Å². The van der Waals surface area contributed by atoms with Crippen LogP contribution in [0.2, 0.25) is 0 Å². The van der Waals surface area contributed by atoms with E-state index in [1.165, 1.54) is 37.7 Å². The van der Waals surface area contributed by atoms with E-state index >= 15 is 0 Å². The lowest BCUT2D eigenvalue weighted by molar-refractivity contribution is -0.248. The van der Waals surface area contributed by atoms with Crippen molar-refractivity contribution in [1.29, 1.82) is 0 Å². The van der Waals surface area contributed by atoms with Crippen molar-refractivity contribution in [2.45, 2.75) is 99.4 Å². The Hall–Kier alpha value is -0.340. The van der Waals surface area contributed by atoms with Crippen LogP contribution in [0.3, 0.4) is 0 Å². The first-order chi connectivity index (χ1) is 9.90. The van der Waals surface area contributed by atoms with Crippen molar-refractivity contribution in [2.24, 2.45) is 16.7 Å². The lowest BCUT2D eigenvalue weighted by Gasteiger charge is -2.47. The zero-order valence-corrected chi connectivity index (χ0v) is 16.1. The maximum absolute atomic E-state index is 11.0. The molecule has 0 aromatic carbocycles. The molecule has 0 bridgehead atoms. The zero-order valence-electron chi connectivity index (χ0n) is 16.1. The molecule has 2 atom stereocenters. The first-order valence-electron chi connectivity index (χ1n) is 8.92. The smallest absolute Gasteiger partial charge is 0.164 e. The fourth-order valence-electron chi connectivity index (χ4n) is 3.56. The molecule has 2 unspecified atom stereocenters. The minimum atomic E-state index is -0.792. The van der Waals surface area contributed by atoms with E-state index in [0.29, 0.717) is 5.92 Å². The lowest BCUT2D eigenvalue weighted by atomic mass is 9.66. The average Bonchev–Trinajstić information content (AvgIpc) is 2.37. The van der Waals surface area contributed by atoms with Crippen molar-refractivity contribution >= 4 is 0 Å². The Morgan fingerprint density at radius 2 is 1.50 bits per heavy atom. The Labute approximate surface area is 138 Å². The van der Waals surface area contributed by atoms with E-state index in [1.54, 1.807) is 0 Å². The summed E-state index contributed by atoms with van der Waals surface area (Å²) in [5, 5.41) is 11.0. The monoisotopic (exact) mass is 310 g/mol. The van der Waals surface area contributed by atoms with E-state index in [2.05, 4.69) is 61.5 Å². The maximum atomic E-state index is 11.0. The first kappa shape index (κ1) is 19.7. The van der Waals surface area contributed by atoms with Gasteiger partial charge in [0.05, 0.1) is 5.60 Å². The van der Waals surface area contributed by atoms with E-state index < -0.39 is 11.7 Å². The second-order valence-corrected chi connectivity index (χ2v) is 9.16. The van der Waals surface area contributed by atoms with Crippen molar-refractivity contribution in [3.63, 3.8) is 0 Å². The van der Waals surface area contributed by atoms with Gasteiger partial charge < -0.3 is 9.84 Å². The molecule has 0 amide bonds. The van der Waals surface area contributed by atoms with Crippen LogP contribution in [0.5, 0.6) is 0 Å². The number of hydrogen-bond acceptors (Lipinski definition) is 2. The lowest BCUT2D eigenvalue weighted by Crippen LogP contribution is -2.49. The SMILES string of the molecule is CC(C)=CC(C)(C(O)OC(C)(C)C1CCCCC1)C(C)(C)C. The molecule has 0 aromatic heterocycles. The molecule has 0 radical (unpaired) electrons. The number of aliphatic hydroxyl groups excluding tert-OH is 1. The van der Waals surface area contributed by atoms with Gasteiger partial charge in [0.15, 0.2) is 6.29 Å². The maximum Gasteiger partial charge on any atom is 0.164 e. The summed E-state index contributed by atoms with van der Waals surface area (Å²) >= 11 is 0. The van der Waals surface area contributed by atoms with Crippen molar-refractivity contribution in [1.82, 2.24) is 0 Å². The van der Waals surface area contributed by atoms with Crippen molar-refractivity contribution in [3.05, 3.63) is 11.6 Å². The summed E-state index contributed by atoms with van der Waals surface area (Å²) in [6.07, 6.45) is 7.74. The summed E-state index contributed by atoms with van der Waals surface area (Å²) < 4.78 is 6.28. The molecule has 1 aliphatic rings. The Bertz CT molecular complexity index is 379. The normalized spacial score (nSPS) is 22.0. The number of rotatable bonds is 5. The van der Waals surface area contributed by atoms with Crippen LogP contribution in [0.1, 0.15) is 87.5 Å². The molecule has 1 aliphatic carbocycles. The highest BCUT2D eigenvalue weighted by Crippen LogP contribution is 2.46. The molecule has 2 heteroatoms. The van der Waals surface area contributed by atoms with Crippen LogP contribution in [0.4, 0.5) is 0 Å². The predicted octanol–water partition coefficient (Wildman–Crippen LogP) is 5.70. The Morgan fingerprint density at radius 1 is 1.00 bits per heavy atom. The first-order valence-corrected chi connectivity index (χ1v) is 8.92. The minimum absolute atomic E-state index is 0.0771. The number of allylic oxidation sites excluding steroid dienone is 1. The molecule has 0 saturated heterocycles. The highest BCUT2D eigenvalue weighted by Gasteiger charge is 2.46. The Balaban J connectivity index is 2.95. The fraction of sp³-hybridized carbons (Fsp3) is 0.900. The third-order valence-electron chi connectivity index (χ3n) is 5.72.